The third-order valence-electron chi connectivity index (χ3n) is 5.26. The maximum atomic E-state index is 13.1. The predicted molar refractivity (Wildman–Crippen MR) is 132 cm³/mol. The van der Waals surface area contributed by atoms with Crippen LogP contribution in [0.25, 0.3) is 11.1 Å². The molecule has 3 aromatic rings. The smallest absolute Gasteiger partial charge is 0.224 e. The number of hydrogen-bond donors (Lipinski definition) is 1. The number of morpholine rings is 1. The second-order valence-corrected chi connectivity index (χ2v) is 12.4. The fourth-order valence-corrected chi connectivity index (χ4v) is 5.11. The second kappa shape index (κ2) is 10.0. The highest BCUT2D eigenvalue weighted by molar-refractivity contribution is 9.10. The van der Waals surface area contributed by atoms with Crippen molar-refractivity contribution in [3.63, 3.8) is 0 Å². The van der Waals surface area contributed by atoms with Crippen LogP contribution >= 0.6 is 34.7 Å². The molecule has 1 aliphatic heterocycles. The normalized spacial score (nSPS) is 15.1. The Balaban J connectivity index is 1.56. The van der Waals surface area contributed by atoms with Crippen LogP contribution in [-0.2, 0) is 15.8 Å². The van der Waals surface area contributed by atoms with Gasteiger partial charge < -0.3 is 14.6 Å². The first-order chi connectivity index (χ1) is 15.3. The molecule has 170 valence electrons. The Morgan fingerprint density at radius 2 is 1.97 bits per heavy atom. The van der Waals surface area contributed by atoms with Crippen molar-refractivity contribution in [1.82, 2.24) is 24.6 Å². The SMILES string of the molecule is CP(C)(=O)c1cc(-c2cnn(CCN3CCOCC3)c2)ccc1Nc1nc(Cl)ncc1Br. The quantitative estimate of drug-likeness (QED) is 0.358. The molecule has 0 aliphatic carbocycles. The highest BCUT2D eigenvalue weighted by Gasteiger charge is 2.19. The molecule has 4 rings (SSSR count). The van der Waals surface area contributed by atoms with Crippen LogP contribution in [0.2, 0.25) is 5.28 Å². The molecule has 0 atom stereocenters. The van der Waals surface area contributed by atoms with Gasteiger partial charge in [-0.25, -0.2) is 4.98 Å². The van der Waals surface area contributed by atoms with E-state index in [-0.39, 0.29) is 5.28 Å². The zero-order chi connectivity index (χ0) is 22.7. The van der Waals surface area contributed by atoms with Crippen molar-refractivity contribution >= 4 is 51.5 Å². The van der Waals surface area contributed by atoms with Gasteiger partial charge in [-0.05, 0) is 58.6 Å². The van der Waals surface area contributed by atoms with Gasteiger partial charge in [0.05, 0.1) is 36.1 Å². The zero-order valence-electron chi connectivity index (χ0n) is 18.0. The molecule has 0 unspecified atom stereocenters. The summed E-state index contributed by atoms with van der Waals surface area (Å²) in [5.41, 5.74) is 2.67. The van der Waals surface area contributed by atoms with Crippen LogP contribution in [0.15, 0.2) is 41.3 Å². The Bertz CT molecular complexity index is 1150. The lowest BCUT2D eigenvalue weighted by Gasteiger charge is -2.26. The van der Waals surface area contributed by atoms with Gasteiger partial charge in [-0.15, -0.1) is 0 Å². The van der Waals surface area contributed by atoms with E-state index >= 15 is 0 Å². The zero-order valence-corrected chi connectivity index (χ0v) is 21.2. The average molecular weight is 540 g/mol. The minimum Gasteiger partial charge on any atom is -0.379 e. The summed E-state index contributed by atoms with van der Waals surface area (Å²) in [6, 6.07) is 5.86. The van der Waals surface area contributed by atoms with Crippen molar-refractivity contribution in [2.24, 2.45) is 0 Å². The second-order valence-electron chi connectivity index (χ2n) is 7.99. The van der Waals surface area contributed by atoms with E-state index in [2.05, 4.69) is 41.2 Å². The number of anilines is 2. The average Bonchev–Trinajstić information content (AvgIpc) is 3.24. The van der Waals surface area contributed by atoms with E-state index < -0.39 is 7.14 Å². The fourth-order valence-electron chi connectivity index (χ4n) is 3.53. The van der Waals surface area contributed by atoms with E-state index in [1.54, 1.807) is 19.5 Å². The van der Waals surface area contributed by atoms with E-state index in [1.807, 2.05) is 35.3 Å². The van der Waals surface area contributed by atoms with Crippen molar-refractivity contribution in [3.05, 3.63) is 46.5 Å². The van der Waals surface area contributed by atoms with Crippen molar-refractivity contribution in [2.75, 3.05) is 51.5 Å². The summed E-state index contributed by atoms with van der Waals surface area (Å²) >= 11 is 9.36. The van der Waals surface area contributed by atoms with Gasteiger partial charge >= 0.3 is 0 Å². The van der Waals surface area contributed by atoms with Crippen LogP contribution in [0.5, 0.6) is 0 Å². The fraction of sp³-hybridized carbons (Fsp3) is 0.381. The van der Waals surface area contributed by atoms with Gasteiger partial charge in [-0.2, -0.15) is 10.1 Å². The number of halogens is 2. The van der Waals surface area contributed by atoms with Crippen molar-refractivity contribution in [3.8, 4) is 11.1 Å². The lowest BCUT2D eigenvalue weighted by molar-refractivity contribution is 0.0360. The molecule has 1 fully saturated rings. The Morgan fingerprint density at radius 1 is 1.19 bits per heavy atom. The molecule has 1 saturated heterocycles. The van der Waals surface area contributed by atoms with Gasteiger partial charge in [0, 0.05) is 42.9 Å². The summed E-state index contributed by atoms with van der Waals surface area (Å²) in [5, 5.41) is 8.62. The molecule has 0 amide bonds. The number of nitrogens with one attached hydrogen (secondary N) is 1. The molecule has 1 aliphatic rings. The third kappa shape index (κ3) is 5.77. The Labute approximate surface area is 200 Å². The Morgan fingerprint density at radius 3 is 2.72 bits per heavy atom. The molecule has 1 aromatic carbocycles. The summed E-state index contributed by atoms with van der Waals surface area (Å²) < 4.78 is 21.1. The number of hydrogen-bond acceptors (Lipinski definition) is 7. The van der Waals surface area contributed by atoms with Crippen molar-refractivity contribution in [2.45, 2.75) is 6.54 Å². The number of rotatable bonds is 7. The summed E-state index contributed by atoms with van der Waals surface area (Å²) in [7, 11) is -2.59. The molecule has 11 heteroatoms. The molecule has 2 aromatic heterocycles. The summed E-state index contributed by atoms with van der Waals surface area (Å²) in [5.74, 6) is 0.517. The number of nitrogens with zero attached hydrogens (tertiary/aromatic N) is 5. The number of aromatic nitrogens is 4. The van der Waals surface area contributed by atoms with Gasteiger partial charge in [0.2, 0.25) is 5.28 Å². The lowest BCUT2D eigenvalue weighted by Crippen LogP contribution is -2.38. The van der Waals surface area contributed by atoms with Gasteiger partial charge in [0.15, 0.2) is 0 Å². The molecule has 0 saturated carbocycles. The molecule has 3 heterocycles. The lowest BCUT2D eigenvalue weighted by atomic mass is 10.1. The Kier molecular flexibility index (Phi) is 7.32. The van der Waals surface area contributed by atoms with Gasteiger partial charge in [-0.1, -0.05) is 6.07 Å². The monoisotopic (exact) mass is 538 g/mol. The Hall–Kier alpha value is -1.77. The van der Waals surface area contributed by atoms with Crippen LogP contribution in [0.3, 0.4) is 0 Å². The number of benzene rings is 1. The van der Waals surface area contributed by atoms with Crippen molar-refractivity contribution in [1.29, 1.82) is 0 Å². The predicted octanol–water partition coefficient (Wildman–Crippen LogP) is 4.08. The van der Waals surface area contributed by atoms with Gasteiger partial charge in [-0.3, -0.25) is 9.58 Å². The first-order valence-corrected chi connectivity index (χ1v) is 14.0. The molecule has 0 radical (unpaired) electrons. The summed E-state index contributed by atoms with van der Waals surface area (Å²) in [6.07, 6.45) is 5.46. The highest BCUT2D eigenvalue weighted by atomic mass is 79.9. The van der Waals surface area contributed by atoms with Crippen LogP contribution < -0.4 is 10.6 Å². The first kappa shape index (κ1) is 23.4. The molecule has 0 bridgehead atoms. The van der Waals surface area contributed by atoms with Crippen LogP contribution in [0.4, 0.5) is 11.5 Å². The maximum absolute atomic E-state index is 13.1. The maximum Gasteiger partial charge on any atom is 0.224 e. The van der Waals surface area contributed by atoms with Crippen LogP contribution in [0.1, 0.15) is 0 Å². The topological polar surface area (TPSA) is 85.2 Å². The van der Waals surface area contributed by atoms with Crippen molar-refractivity contribution < 1.29 is 9.30 Å². The molecule has 1 N–H and O–H groups in total. The highest BCUT2D eigenvalue weighted by Crippen LogP contribution is 2.40. The number of ether oxygens (including phenoxy) is 1. The minimum atomic E-state index is -2.59. The summed E-state index contributed by atoms with van der Waals surface area (Å²) in [6.45, 7) is 8.77. The van der Waals surface area contributed by atoms with E-state index in [9.17, 15) is 4.57 Å². The molecule has 8 nitrogen and oxygen atoms in total. The minimum absolute atomic E-state index is 0.134. The molecule has 0 spiro atoms. The standard InChI is InChI=1S/C21H25BrClN6O2P/c1-32(2,30)19-11-15(3-4-18(19)26-20-17(22)13-24-21(23)27-20)16-12-25-29(14-16)6-5-28-7-9-31-10-8-28/h3-4,11-14H,5-10H2,1-2H3,(H,24,26,27). The third-order valence-corrected chi connectivity index (χ3v) is 7.55. The molecule has 32 heavy (non-hydrogen) atoms. The van der Waals surface area contributed by atoms with Crippen LogP contribution in [0, 0.1) is 0 Å². The molecular weight excluding hydrogens is 515 g/mol. The van der Waals surface area contributed by atoms with Crippen LogP contribution in [-0.4, -0.2) is 70.8 Å². The summed E-state index contributed by atoms with van der Waals surface area (Å²) in [4.78, 5) is 10.5. The van der Waals surface area contributed by atoms with E-state index in [1.165, 1.54) is 0 Å². The van der Waals surface area contributed by atoms with Gasteiger partial charge in [0.1, 0.15) is 13.0 Å². The van der Waals surface area contributed by atoms with E-state index in [0.717, 1.165) is 61.5 Å². The molecular formula is C21H25BrClN6O2P. The van der Waals surface area contributed by atoms with E-state index in [0.29, 0.717) is 10.3 Å². The van der Waals surface area contributed by atoms with Gasteiger partial charge in [0.25, 0.3) is 0 Å². The largest absolute Gasteiger partial charge is 0.379 e. The first-order valence-electron chi connectivity index (χ1n) is 10.3. The van der Waals surface area contributed by atoms with E-state index in [4.69, 9.17) is 16.3 Å².